The monoisotopic (exact) mass is 251 g/mol. The Bertz CT molecular complexity index is 238. The number of hydrogen-bond donors (Lipinski definition) is 1. The number of nitrogens with one attached hydrogen (secondary N) is 1. The van der Waals surface area contributed by atoms with Crippen molar-refractivity contribution >= 4 is 5.69 Å². The Labute approximate surface area is 115 Å². The van der Waals surface area contributed by atoms with Crippen LogP contribution >= 0.6 is 0 Å². The van der Waals surface area contributed by atoms with E-state index in [0.717, 1.165) is 12.5 Å². The maximum atomic E-state index is 3.36. The van der Waals surface area contributed by atoms with Gasteiger partial charge < -0.3 is 5.32 Å². The molecule has 1 N–H and O–H groups in total. The Balaban J connectivity index is 0. The summed E-state index contributed by atoms with van der Waals surface area (Å²) in [5, 5.41) is 3.36. The lowest BCUT2D eigenvalue weighted by molar-refractivity contribution is 0.737. The topological polar surface area (TPSA) is 12.0 Å². The molecule has 0 spiro atoms. The van der Waals surface area contributed by atoms with E-state index in [2.05, 4.69) is 50.4 Å². The van der Waals surface area contributed by atoms with Gasteiger partial charge in [0.05, 0.1) is 0 Å². The fourth-order valence-corrected chi connectivity index (χ4v) is 1.41. The van der Waals surface area contributed by atoms with Crippen LogP contribution in [0.2, 0.25) is 0 Å². The minimum absolute atomic E-state index is 0.833. The molecule has 0 saturated heterocycles. The molecule has 0 aromatic heterocycles. The van der Waals surface area contributed by atoms with E-state index in [9.17, 15) is 0 Å². The zero-order valence-electron chi connectivity index (χ0n) is 13.5. The molecule has 1 aliphatic rings. The van der Waals surface area contributed by atoms with E-state index in [1.165, 1.54) is 24.1 Å². The largest absolute Gasteiger partial charge is 0.385 e. The van der Waals surface area contributed by atoms with Crippen LogP contribution in [0.25, 0.3) is 0 Å². The fourth-order valence-electron chi connectivity index (χ4n) is 1.41. The normalized spacial score (nSPS) is 11.3. The molecular formula is C17H33N. The summed E-state index contributed by atoms with van der Waals surface area (Å²) >= 11 is 0. The number of aryl methyl sites for hydroxylation is 1. The number of fused-ring (bicyclic) bond motifs is 1. The highest BCUT2D eigenvalue weighted by atomic mass is 14.9. The first-order valence-corrected chi connectivity index (χ1v) is 7.52. The van der Waals surface area contributed by atoms with Crippen LogP contribution < -0.4 is 5.32 Å². The van der Waals surface area contributed by atoms with Crippen molar-refractivity contribution in [2.45, 2.75) is 61.3 Å². The van der Waals surface area contributed by atoms with E-state index >= 15 is 0 Å². The van der Waals surface area contributed by atoms with Crippen LogP contribution in [-0.2, 0) is 6.42 Å². The highest BCUT2D eigenvalue weighted by Crippen LogP contribution is 2.20. The van der Waals surface area contributed by atoms with Gasteiger partial charge in [-0.25, -0.2) is 0 Å². The summed E-state index contributed by atoms with van der Waals surface area (Å²) in [6, 6.07) is 8.53. The van der Waals surface area contributed by atoms with Crippen LogP contribution in [0.3, 0.4) is 0 Å². The third kappa shape index (κ3) is 10.2. The lowest BCUT2D eigenvalue weighted by atomic mass is 10.0. The van der Waals surface area contributed by atoms with Crippen LogP contribution in [0.5, 0.6) is 0 Å². The first-order chi connectivity index (χ1) is 8.70. The molecule has 1 aliphatic heterocycles. The first kappa shape index (κ1) is 19.4. The molecule has 0 bridgehead atoms. The molecule has 1 aromatic carbocycles. The van der Waals surface area contributed by atoms with Gasteiger partial charge in [0.2, 0.25) is 0 Å². The number of rotatable bonds is 0. The molecule has 0 unspecified atom stereocenters. The first-order valence-electron chi connectivity index (χ1n) is 7.52. The SMILES string of the molecule is CC.CC.CC(C)C.c1ccc2c(c1)CCCN2. The molecule has 0 fully saturated rings. The molecule has 0 amide bonds. The second-order valence-corrected chi connectivity index (χ2v) is 4.42. The van der Waals surface area contributed by atoms with Gasteiger partial charge in [-0.2, -0.15) is 0 Å². The van der Waals surface area contributed by atoms with Crippen molar-refractivity contribution in [2.24, 2.45) is 5.92 Å². The third-order valence-corrected chi connectivity index (χ3v) is 1.96. The number of para-hydroxylation sites is 1. The van der Waals surface area contributed by atoms with E-state index in [0.29, 0.717) is 0 Å². The Morgan fingerprint density at radius 1 is 0.944 bits per heavy atom. The Morgan fingerprint density at radius 2 is 1.44 bits per heavy atom. The molecule has 0 aliphatic carbocycles. The summed E-state index contributed by atoms with van der Waals surface area (Å²) < 4.78 is 0. The molecular weight excluding hydrogens is 218 g/mol. The second kappa shape index (κ2) is 14.1. The van der Waals surface area contributed by atoms with E-state index in [1.807, 2.05) is 27.7 Å². The van der Waals surface area contributed by atoms with Gasteiger partial charge >= 0.3 is 0 Å². The van der Waals surface area contributed by atoms with E-state index in [-0.39, 0.29) is 0 Å². The van der Waals surface area contributed by atoms with Crippen molar-refractivity contribution in [3.05, 3.63) is 29.8 Å². The molecule has 1 nitrogen and oxygen atoms in total. The van der Waals surface area contributed by atoms with Crippen LogP contribution in [0, 0.1) is 5.92 Å². The summed E-state index contributed by atoms with van der Waals surface area (Å²) in [7, 11) is 0. The highest BCUT2D eigenvalue weighted by molar-refractivity contribution is 5.52. The van der Waals surface area contributed by atoms with Crippen LogP contribution in [-0.4, -0.2) is 6.54 Å². The Morgan fingerprint density at radius 3 is 1.94 bits per heavy atom. The van der Waals surface area contributed by atoms with Crippen molar-refractivity contribution in [3.63, 3.8) is 0 Å². The van der Waals surface area contributed by atoms with Crippen molar-refractivity contribution in [3.8, 4) is 0 Å². The standard InChI is InChI=1S/C9H11N.C4H10.2C2H6/c1-2-6-9-8(4-1)5-3-7-10-9;1-4(2)3;2*1-2/h1-2,4,6,10H,3,5,7H2;4H,1-3H3;2*1-2H3. The molecule has 2 rings (SSSR count). The summed E-state index contributed by atoms with van der Waals surface area (Å²) in [6.07, 6.45) is 2.51. The van der Waals surface area contributed by atoms with Gasteiger partial charge in [-0.05, 0) is 30.4 Å². The van der Waals surface area contributed by atoms with Crippen LogP contribution in [0.1, 0.15) is 60.5 Å². The van der Waals surface area contributed by atoms with Gasteiger partial charge in [0, 0.05) is 12.2 Å². The zero-order valence-corrected chi connectivity index (χ0v) is 13.5. The lowest BCUT2D eigenvalue weighted by Crippen LogP contribution is -2.10. The molecule has 1 aromatic rings. The van der Waals surface area contributed by atoms with Gasteiger partial charge in [-0.15, -0.1) is 0 Å². The smallest absolute Gasteiger partial charge is 0.0372 e. The van der Waals surface area contributed by atoms with Crippen molar-refractivity contribution in [1.82, 2.24) is 0 Å². The van der Waals surface area contributed by atoms with Crippen molar-refractivity contribution in [2.75, 3.05) is 11.9 Å². The van der Waals surface area contributed by atoms with Gasteiger partial charge in [-0.3, -0.25) is 0 Å². The van der Waals surface area contributed by atoms with Crippen molar-refractivity contribution < 1.29 is 0 Å². The predicted molar refractivity (Wildman–Crippen MR) is 86.5 cm³/mol. The molecule has 18 heavy (non-hydrogen) atoms. The maximum absolute atomic E-state index is 3.36. The fraction of sp³-hybridized carbons (Fsp3) is 0.647. The predicted octanol–water partition coefficient (Wildman–Crippen LogP) is 5.76. The summed E-state index contributed by atoms with van der Waals surface area (Å²) in [5.41, 5.74) is 2.79. The maximum Gasteiger partial charge on any atom is 0.0372 e. The Hall–Kier alpha value is -0.980. The minimum Gasteiger partial charge on any atom is -0.385 e. The second-order valence-electron chi connectivity index (χ2n) is 4.42. The molecule has 1 heterocycles. The highest BCUT2D eigenvalue weighted by Gasteiger charge is 2.04. The lowest BCUT2D eigenvalue weighted by Gasteiger charge is -2.16. The van der Waals surface area contributed by atoms with E-state index in [1.54, 1.807) is 0 Å². The van der Waals surface area contributed by atoms with Gasteiger partial charge in [-0.1, -0.05) is 66.7 Å². The zero-order chi connectivity index (χ0) is 14.4. The van der Waals surface area contributed by atoms with E-state index in [4.69, 9.17) is 0 Å². The van der Waals surface area contributed by atoms with Crippen LogP contribution in [0.15, 0.2) is 24.3 Å². The number of hydrogen-bond acceptors (Lipinski definition) is 1. The molecule has 1 heteroatoms. The summed E-state index contributed by atoms with van der Waals surface area (Å²) in [5.74, 6) is 0.833. The molecule has 0 atom stereocenters. The summed E-state index contributed by atoms with van der Waals surface area (Å²) in [6.45, 7) is 15.6. The molecule has 0 radical (unpaired) electrons. The van der Waals surface area contributed by atoms with Crippen molar-refractivity contribution in [1.29, 1.82) is 0 Å². The summed E-state index contributed by atoms with van der Waals surface area (Å²) in [4.78, 5) is 0. The molecule has 106 valence electrons. The average molecular weight is 251 g/mol. The van der Waals surface area contributed by atoms with E-state index < -0.39 is 0 Å². The Kier molecular flexibility index (Phi) is 15.1. The van der Waals surface area contributed by atoms with Gasteiger partial charge in [0.1, 0.15) is 0 Å². The minimum atomic E-state index is 0.833. The number of anilines is 1. The average Bonchev–Trinajstić information content (AvgIpc) is 2.43. The quantitative estimate of drug-likeness (QED) is 0.618. The third-order valence-electron chi connectivity index (χ3n) is 1.96. The van der Waals surface area contributed by atoms with Gasteiger partial charge in [0.15, 0.2) is 0 Å². The molecule has 0 saturated carbocycles. The van der Waals surface area contributed by atoms with Crippen LogP contribution in [0.4, 0.5) is 5.69 Å². The number of benzene rings is 1. The van der Waals surface area contributed by atoms with Gasteiger partial charge in [0.25, 0.3) is 0 Å².